The summed E-state index contributed by atoms with van der Waals surface area (Å²) in [4.78, 5) is 11.4. The van der Waals surface area contributed by atoms with Gasteiger partial charge in [0.15, 0.2) is 12.6 Å². The number of carbonyl (C=O) groups is 1. The van der Waals surface area contributed by atoms with Crippen LogP contribution >= 0.6 is 0 Å². The number of rotatable bonds is 6. The molecule has 0 unspecified atom stereocenters. The number of aromatic hydroxyl groups is 1. The van der Waals surface area contributed by atoms with Crippen LogP contribution in [0.1, 0.15) is 22.8 Å². The van der Waals surface area contributed by atoms with Gasteiger partial charge in [0.05, 0.1) is 6.61 Å². The second-order valence-corrected chi connectivity index (χ2v) is 3.53. The summed E-state index contributed by atoms with van der Waals surface area (Å²) in [6.07, 6.45) is 0. The Labute approximate surface area is 99.9 Å². The third-order valence-corrected chi connectivity index (χ3v) is 2.14. The second-order valence-electron chi connectivity index (χ2n) is 3.53. The van der Waals surface area contributed by atoms with E-state index >= 15 is 0 Å². The van der Waals surface area contributed by atoms with E-state index < -0.39 is 0 Å². The van der Waals surface area contributed by atoms with Crippen LogP contribution in [0.4, 0.5) is 0 Å². The fraction of sp³-hybridized carbons (Fsp3) is 0.417. The number of Topliss-reactive ketones (excluding diaryl/α,β-unsaturated/α-hetero) is 1. The molecule has 0 aliphatic carbocycles. The summed E-state index contributed by atoms with van der Waals surface area (Å²) in [5, 5.41) is 9.77. The molecule has 0 heterocycles. The Hall–Kier alpha value is -1.59. The summed E-state index contributed by atoms with van der Waals surface area (Å²) in [6.45, 7) is 1.70. The maximum absolute atomic E-state index is 11.4. The van der Waals surface area contributed by atoms with Crippen molar-refractivity contribution in [2.45, 2.75) is 13.5 Å². The van der Waals surface area contributed by atoms with E-state index in [-0.39, 0.29) is 23.9 Å². The Morgan fingerprint density at radius 1 is 1.29 bits per heavy atom. The molecule has 0 bridgehead atoms. The summed E-state index contributed by atoms with van der Waals surface area (Å²) in [5.74, 6) is -0.0814. The van der Waals surface area contributed by atoms with E-state index in [1.54, 1.807) is 13.2 Å². The quantitative estimate of drug-likeness (QED) is 0.606. The summed E-state index contributed by atoms with van der Waals surface area (Å²) >= 11 is 0. The van der Waals surface area contributed by atoms with Crippen molar-refractivity contribution in [3.8, 4) is 11.5 Å². The summed E-state index contributed by atoms with van der Waals surface area (Å²) in [5.41, 5.74) is 0.878. The fourth-order valence-electron chi connectivity index (χ4n) is 1.50. The number of phenolic OH excluding ortho intramolecular Hbond substituents is 1. The zero-order valence-corrected chi connectivity index (χ0v) is 10.1. The molecule has 1 N–H and O–H groups in total. The highest BCUT2D eigenvalue weighted by molar-refractivity contribution is 5.99. The van der Waals surface area contributed by atoms with Gasteiger partial charge in [0.25, 0.3) is 0 Å². The van der Waals surface area contributed by atoms with E-state index in [4.69, 9.17) is 14.2 Å². The first-order valence-electron chi connectivity index (χ1n) is 5.07. The number of methoxy groups -OCH3 is 2. The van der Waals surface area contributed by atoms with Crippen LogP contribution in [0, 0.1) is 0 Å². The molecule has 0 spiro atoms. The monoisotopic (exact) mass is 240 g/mol. The minimum atomic E-state index is -0.266. The lowest BCUT2D eigenvalue weighted by Gasteiger charge is -2.12. The van der Waals surface area contributed by atoms with Crippen molar-refractivity contribution < 1.29 is 24.1 Å². The molecule has 0 aliphatic rings. The van der Waals surface area contributed by atoms with Gasteiger partial charge in [-0.3, -0.25) is 4.79 Å². The molecule has 0 radical (unpaired) electrons. The van der Waals surface area contributed by atoms with Crippen molar-refractivity contribution in [3.63, 3.8) is 0 Å². The normalized spacial score (nSPS) is 10.3. The molecule has 0 saturated heterocycles. The molecule has 5 heteroatoms. The number of ether oxygens (including phenoxy) is 3. The third kappa shape index (κ3) is 3.44. The standard InChI is InChI=1S/C12H16O5/c1-8(13)12-10(14)4-9(6-15-2)5-11(12)17-7-16-3/h4-5,14H,6-7H2,1-3H3. The lowest BCUT2D eigenvalue weighted by molar-refractivity contribution is 0.0499. The summed E-state index contributed by atoms with van der Waals surface area (Å²) in [6, 6.07) is 3.14. The molecule has 0 fully saturated rings. The average molecular weight is 240 g/mol. The van der Waals surface area contributed by atoms with Crippen molar-refractivity contribution in [2.75, 3.05) is 21.0 Å². The molecular weight excluding hydrogens is 224 g/mol. The predicted octanol–water partition coefficient (Wildman–Crippen LogP) is 1.72. The Balaban J connectivity index is 3.14. The smallest absolute Gasteiger partial charge is 0.188 e. The number of ketones is 1. The number of hydrogen-bond acceptors (Lipinski definition) is 5. The Morgan fingerprint density at radius 3 is 2.53 bits per heavy atom. The van der Waals surface area contributed by atoms with Crippen LogP contribution in [0.2, 0.25) is 0 Å². The molecule has 5 nitrogen and oxygen atoms in total. The first-order chi connectivity index (χ1) is 8.10. The molecule has 1 rings (SSSR count). The van der Waals surface area contributed by atoms with Gasteiger partial charge < -0.3 is 19.3 Å². The molecule has 0 saturated carbocycles. The van der Waals surface area contributed by atoms with Gasteiger partial charge >= 0.3 is 0 Å². The van der Waals surface area contributed by atoms with Crippen LogP contribution in [0.5, 0.6) is 11.5 Å². The van der Waals surface area contributed by atoms with Crippen molar-refractivity contribution in [2.24, 2.45) is 0 Å². The van der Waals surface area contributed by atoms with Crippen LogP contribution in [-0.4, -0.2) is 31.9 Å². The molecule has 1 aromatic carbocycles. The molecule has 0 atom stereocenters. The minimum Gasteiger partial charge on any atom is -0.507 e. The molecule has 1 aromatic rings. The van der Waals surface area contributed by atoms with Crippen molar-refractivity contribution in [1.82, 2.24) is 0 Å². The number of phenols is 1. The second kappa shape index (κ2) is 6.22. The Bertz CT molecular complexity index is 400. The van der Waals surface area contributed by atoms with Gasteiger partial charge in [0.2, 0.25) is 0 Å². The molecule has 0 aliphatic heterocycles. The highest BCUT2D eigenvalue weighted by Gasteiger charge is 2.15. The van der Waals surface area contributed by atoms with E-state index in [0.717, 1.165) is 5.56 Å². The fourth-order valence-corrected chi connectivity index (χ4v) is 1.50. The highest BCUT2D eigenvalue weighted by Crippen LogP contribution is 2.30. The lowest BCUT2D eigenvalue weighted by atomic mass is 10.1. The van der Waals surface area contributed by atoms with E-state index in [2.05, 4.69) is 0 Å². The van der Waals surface area contributed by atoms with Gasteiger partial charge in [0, 0.05) is 14.2 Å². The minimum absolute atomic E-state index is 0.0101. The number of benzene rings is 1. The molecule has 17 heavy (non-hydrogen) atoms. The van der Waals surface area contributed by atoms with Gasteiger partial charge in [-0.05, 0) is 24.6 Å². The molecular formula is C12H16O5. The predicted molar refractivity (Wildman–Crippen MR) is 61.3 cm³/mol. The van der Waals surface area contributed by atoms with Gasteiger partial charge in [-0.2, -0.15) is 0 Å². The van der Waals surface area contributed by atoms with Crippen LogP contribution in [0.25, 0.3) is 0 Å². The molecule has 94 valence electrons. The number of hydrogen-bond donors (Lipinski definition) is 1. The Kier molecular flexibility index (Phi) is 4.93. The van der Waals surface area contributed by atoms with Crippen molar-refractivity contribution >= 4 is 5.78 Å². The summed E-state index contributed by atoms with van der Waals surface area (Å²) < 4.78 is 15.0. The average Bonchev–Trinajstić information content (AvgIpc) is 2.25. The maximum Gasteiger partial charge on any atom is 0.188 e. The largest absolute Gasteiger partial charge is 0.507 e. The van der Waals surface area contributed by atoms with E-state index in [0.29, 0.717) is 12.4 Å². The first-order valence-corrected chi connectivity index (χ1v) is 5.07. The van der Waals surface area contributed by atoms with E-state index in [1.165, 1.54) is 20.1 Å². The van der Waals surface area contributed by atoms with Gasteiger partial charge in [0.1, 0.15) is 17.1 Å². The molecule has 0 aromatic heterocycles. The van der Waals surface area contributed by atoms with Crippen molar-refractivity contribution in [3.05, 3.63) is 23.3 Å². The van der Waals surface area contributed by atoms with E-state index in [9.17, 15) is 9.90 Å². The molecule has 0 amide bonds. The zero-order valence-electron chi connectivity index (χ0n) is 10.1. The zero-order chi connectivity index (χ0) is 12.8. The van der Waals surface area contributed by atoms with Gasteiger partial charge in [-0.15, -0.1) is 0 Å². The topological polar surface area (TPSA) is 65.0 Å². The van der Waals surface area contributed by atoms with Crippen LogP contribution in [0.15, 0.2) is 12.1 Å². The highest BCUT2D eigenvalue weighted by atomic mass is 16.7. The van der Waals surface area contributed by atoms with Crippen LogP contribution in [-0.2, 0) is 16.1 Å². The Morgan fingerprint density at radius 2 is 2.00 bits per heavy atom. The third-order valence-electron chi connectivity index (χ3n) is 2.14. The van der Waals surface area contributed by atoms with Gasteiger partial charge in [-0.25, -0.2) is 0 Å². The van der Waals surface area contributed by atoms with Crippen molar-refractivity contribution in [1.29, 1.82) is 0 Å². The van der Waals surface area contributed by atoms with Gasteiger partial charge in [-0.1, -0.05) is 0 Å². The number of carbonyl (C=O) groups excluding carboxylic acids is 1. The maximum atomic E-state index is 11.4. The first kappa shape index (κ1) is 13.5. The van der Waals surface area contributed by atoms with Crippen LogP contribution < -0.4 is 4.74 Å². The summed E-state index contributed by atoms with van der Waals surface area (Å²) in [7, 11) is 3.03. The van der Waals surface area contributed by atoms with Crippen LogP contribution in [0.3, 0.4) is 0 Å². The lowest BCUT2D eigenvalue weighted by Crippen LogP contribution is -2.05. The SMILES string of the molecule is COCOc1cc(COC)cc(O)c1C(C)=O. The van der Waals surface area contributed by atoms with E-state index in [1.807, 2.05) is 0 Å².